The first-order valence-electron chi connectivity index (χ1n) is 12.9. The molecule has 0 saturated carbocycles. The topological polar surface area (TPSA) is 55.1 Å². The Kier molecular flexibility index (Phi) is 6.45. The highest BCUT2D eigenvalue weighted by Crippen LogP contribution is 2.39. The third kappa shape index (κ3) is 4.38. The van der Waals surface area contributed by atoms with Crippen molar-refractivity contribution in [3.63, 3.8) is 0 Å². The standard InChI is InChI=1S/C31H27ClFN5O/c1-3-26-24-19-37(31(39)34-27-12-7-11-25(32)20(27)2)29(21-14-16-22(33)17-15-21)28-13-8-18-36(28)30(24)38(35-26)23-9-5-4-6-10-23/h4-18,29H,3,19H2,1-2H3,(H,34,39)/t29-/m1/s1. The lowest BCUT2D eigenvalue weighted by Crippen LogP contribution is -2.38. The van der Waals surface area contributed by atoms with Gasteiger partial charge in [0.1, 0.15) is 11.6 Å². The van der Waals surface area contributed by atoms with Crippen molar-refractivity contribution in [1.82, 2.24) is 19.2 Å². The molecule has 3 heterocycles. The summed E-state index contributed by atoms with van der Waals surface area (Å²) >= 11 is 6.35. The Morgan fingerprint density at radius 3 is 2.54 bits per heavy atom. The Morgan fingerprint density at radius 1 is 1.03 bits per heavy atom. The molecule has 2 aromatic heterocycles. The number of hydrogen-bond acceptors (Lipinski definition) is 2. The third-order valence-corrected chi connectivity index (χ3v) is 7.67. The molecule has 0 radical (unpaired) electrons. The van der Waals surface area contributed by atoms with Crippen LogP contribution in [-0.4, -0.2) is 25.3 Å². The fourth-order valence-electron chi connectivity index (χ4n) is 5.27. The van der Waals surface area contributed by atoms with Gasteiger partial charge in [-0.05, 0) is 73.0 Å². The van der Waals surface area contributed by atoms with E-state index in [9.17, 15) is 9.18 Å². The average Bonchev–Trinajstić information content (AvgIpc) is 3.53. The molecule has 0 aliphatic carbocycles. The summed E-state index contributed by atoms with van der Waals surface area (Å²) in [6.45, 7) is 4.25. The Hall–Kier alpha value is -4.36. The van der Waals surface area contributed by atoms with E-state index in [1.807, 2.05) is 72.4 Å². The van der Waals surface area contributed by atoms with Gasteiger partial charge < -0.3 is 14.8 Å². The number of rotatable bonds is 4. The van der Waals surface area contributed by atoms with Crippen LogP contribution in [0.2, 0.25) is 5.02 Å². The van der Waals surface area contributed by atoms with Crippen molar-refractivity contribution in [3.8, 4) is 11.5 Å². The maximum atomic E-state index is 14.1. The molecule has 6 rings (SSSR count). The van der Waals surface area contributed by atoms with E-state index in [4.69, 9.17) is 16.7 Å². The van der Waals surface area contributed by atoms with Crippen LogP contribution in [0.15, 0.2) is 91.1 Å². The lowest BCUT2D eigenvalue weighted by molar-refractivity contribution is 0.194. The van der Waals surface area contributed by atoms with E-state index >= 15 is 0 Å². The first-order valence-corrected chi connectivity index (χ1v) is 13.3. The molecule has 1 aliphatic heterocycles. The summed E-state index contributed by atoms with van der Waals surface area (Å²) in [5.74, 6) is 0.559. The second-order valence-corrected chi connectivity index (χ2v) is 9.98. The van der Waals surface area contributed by atoms with Gasteiger partial charge in [0.05, 0.1) is 29.7 Å². The number of carbonyl (C=O) groups excluding carboxylic acids is 1. The normalized spacial score (nSPS) is 14.5. The number of nitrogens with zero attached hydrogens (tertiary/aromatic N) is 4. The summed E-state index contributed by atoms with van der Waals surface area (Å²) in [4.78, 5) is 15.9. The predicted octanol–water partition coefficient (Wildman–Crippen LogP) is 7.46. The number of urea groups is 1. The van der Waals surface area contributed by atoms with Crippen molar-refractivity contribution in [2.24, 2.45) is 0 Å². The van der Waals surface area contributed by atoms with Crippen molar-refractivity contribution in [2.75, 3.05) is 5.32 Å². The van der Waals surface area contributed by atoms with Gasteiger partial charge in [0.2, 0.25) is 0 Å². The highest BCUT2D eigenvalue weighted by molar-refractivity contribution is 6.31. The highest BCUT2D eigenvalue weighted by atomic mass is 35.5. The largest absolute Gasteiger partial charge is 0.322 e. The van der Waals surface area contributed by atoms with Crippen molar-refractivity contribution >= 4 is 23.3 Å². The van der Waals surface area contributed by atoms with Gasteiger partial charge in [-0.2, -0.15) is 5.10 Å². The molecule has 6 nitrogen and oxygen atoms in total. The average molecular weight is 540 g/mol. The van der Waals surface area contributed by atoms with E-state index in [0.29, 0.717) is 23.7 Å². The molecule has 0 bridgehead atoms. The number of halogens is 2. The van der Waals surface area contributed by atoms with Gasteiger partial charge in [0, 0.05) is 22.5 Å². The fourth-order valence-corrected chi connectivity index (χ4v) is 5.45. The number of anilines is 1. The van der Waals surface area contributed by atoms with Crippen LogP contribution in [0.25, 0.3) is 11.5 Å². The summed E-state index contributed by atoms with van der Waals surface area (Å²) in [7, 11) is 0. The second kappa shape index (κ2) is 10.1. The lowest BCUT2D eigenvalue weighted by Gasteiger charge is -2.31. The molecule has 0 unspecified atom stereocenters. The first-order chi connectivity index (χ1) is 19.0. The number of aromatic nitrogens is 3. The number of fused-ring (bicyclic) bond motifs is 3. The minimum Gasteiger partial charge on any atom is -0.307 e. The molecule has 5 aromatic rings. The van der Waals surface area contributed by atoms with Gasteiger partial charge >= 0.3 is 6.03 Å². The third-order valence-electron chi connectivity index (χ3n) is 7.26. The Morgan fingerprint density at radius 2 is 1.79 bits per heavy atom. The van der Waals surface area contributed by atoms with Gasteiger partial charge in [-0.1, -0.05) is 54.9 Å². The SMILES string of the molecule is CCc1nn(-c2ccccc2)c2c1CN(C(=O)Nc1cccc(Cl)c1C)[C@H](c1ccc(F)cc1)c1cccn1-2. The Labute approximate surface area is 231 Å². The van der Waals surface area contributed by atoms with Gasteiger partial charge in [-0.15, -0.1) is 0 Å². The lowest BCUT2D eigenvalue weighted by atomic mass is 10.0. The highest BCUT2D eigenvalue weighted by Gasteiger charge is 2.36. The van der Waals surface area contributed by atoms with Crippen molar-refractivity contribution < 1.29 is 9.18 Å². The minimum absolute atomic E-state index is 0.287. The van der Waals surface area contributed by atoms with Crippen LogP contribution >= 0.6 is 11.6 Å². The van der Waals surface area contributed by atoms with Crippen LogP contribution < -0.4 is 5.32 Å². The van der Waals surface area contributed by atoms with Crippen molar-refractivity contribution in [3.05, 3.63) is 130 Å². The summed E-state index contributed by atoms with van der Waals surface area (Å²) in [6, 6.07) is 25.0. The molecule has 8 heteroatoms. The van der Waals surface area contributed by atoms with Gasteiger partial charge in [0.25, 0.3) is 0 Å². The van der Waals surface area contributed by atoms with Crippen molar-refractivity contribution in [1.29, 1.82) is 0 Å². The molecule has 0 saturated heterocycles. The predicted molar refractivity (Wildman–Crippen MR) is 151 cm³/mol. The van der Waals surface area contributed by atoms with Crippen molar-refractivity contribution in [2.45, 2.75) is 32.9 Å². The zero-order chi connectivity index (χ0) is 27.1. The molecule has 196 valence electrons. The number of carbonyl (C=O) groups is 1. The van der Waals surface area contributed by atoms with Crippen LogP contribution in [0.1, 0.15) is 41.0 Å². The van der Waals surface area contributed by atoms with Crippen LogP contribution in [-0.2, 0) is 13.0 Å². The maximum absolute atomic E-state index is 14.1. The molecule has 1 N–H and O–H groups in total. The molecule has 3 aromatic carbocycles. The number of nitrogens with one attached hydrogen (secondary N) is 1. The monoisotopic (exact) mass is 539 g/mol. The van der Waals surface area contributed by atoms with Crippen LogP contribution in [0, 0.1) is 12.7 Å². The molecule has 1 aliphatic rings. The second-order valence-electron chi connectivity index (χ2n) is 9.58. The van der Waals surface area contributed by atoms with Crippen LogP contribution in [0.4, 0.5) is 14.9 Å². The van der Waals surface area contributed by atoms with E-state index in [-0.39, 0.29) is 11.8 Å². The molecular formula is C31H27ClFN5O. The van der Waals surface area contributed by atoms with E-state index < -0.39 is 6.04 Å². The van der Waals surface area contributed by atoms with E-state index in [1.54, 1.807) is 23.1 Å². The molecule has 2 amide bonds. The van der Waals surface area contributed by atoms with Crippen LogP contribution in [0.5, 0.6) is 0 Å². The Bertz CT molecular complexity index is 1660. The van der Waals surface area contributed by atoms with Crippen LogP contribution in [0.3, 0.4) is 0 Å². The molecule has 1 atom stereocenters. The molecular weight excluding hydrogens is 513 g/mol. The number of aryl methyl sites for hydroxylation is 1. The number of benzene rings is 3. The molecule has 0 fully saturated rings. The molecule has 39 heavy (non-hydrogen) atoms. The zero-order valence-corrected chi connectivity index (χ0v) is 22.4. The van der Waals surface area contributed by atoms with E-state index in [2.05, 4.69) is 16.8 Å². The molecule has 0 spiro atoms. The Balaban J connectivity index is 1.55. The van der Waals surface area contributed by atoms with Gasteiger partial charge in [0.15, 0.2) is 0 Å². The smallest absolute Gasteiger partial charge is 0.307 e. The quantitative estimate of drug-likeness (QED) is 0.258. The van der Waals surface area contributed by atoms with Gasteiger partial charge in [-0.3, -0.25) is 0 Å². The number of para-hydroxylation sites is 1. The summed E-state index contributed by atoms with van der Waals surface area (Å²) < 4.78 is 18.0. The van der Waals surface area contributed by atoms with E-state index in [0.717, 1.165) is 39.6 Å². The maximum Gasteiger partial charge on any atom is 0.322 e. The van der Waals surface area contributed by atoms with E-state index in [1.165, 1.54) is 12.1 Å². The number of hydrogen-bond donors (Lipinski definition) is 1. The summed E-state index contributed by atoms with van der Waals surface area (Å²) in [5.41, 5.74) is 5.90. The summed E-state index contributed by atoms with van der Waals surface area (Å²) in [6.07, 6.45) is 2.69. The summed E-state index contributed by atoms with van der Waals surface area (Å²) in [5, 5.41) is 8.64. The zero-order valence-electron chi connectivity index (χ0n) is 21.6. The minimum atomic E-state index is -0.485. The number of amides is 2. The first kappa shape index (κ1) is 24.9. The fraction of sp³-hybridized carbons (Fsp3) is 0.161. The van der Waals surface area contributed by atoms with Gasteiger partial charge in [-0.25, -0.2) is 13.9 Å².